The molecule has 0 saturated carbocycles. The summed E-state index contributed by atoms with van der Waals surface area (Å²) < 4.78 is 33.0. The molecule has 0 aliphatic rings. The number of nitrogens with zero attached hydrogens (tertiary/aromatic N) is 2. The summed E-state index contributed by atoms with van der Waals surface area (Å²) in [6.07, 6.45) is 0. The molecule has 0 saturated heterocycles. The maximum absolute atomic E-state index is 12.8. The number of carbonyl (C=O) groups is 1. The van der Waals surface area contributed by atoms with E-state index >= 15 is 0 Å². The molecule has 0 atom stereocenters. The van der Waals surface area contributed by atoms with Gasteiger partial charge in [-0.1, -0.05) is 6.07 Å². The molecule has 3 N–H and O–H groups in total. The van der Waals surface area contributed by atoms with Gasteiger partial charge in [0.25, 0.3) is 15.9 Å². The Balaban J connectivity index is 1.89. The van der Waals surface area contributed by atoms with Crippen LogP contribution in [0.4, 0.5) is 11.4 Å². The van der Waals surface area contributed by atoms with Crippen molar-refractivity contribution in [1.82, 2.24) is 10.2 Å². The number of nitrogens with one attached hydrogen (secondary N) is 3. The number of sulfonamides is 1. The quantitative estimate of drug-likeness (QED) is 0.570. The molecule has 148 valence electrons. The third kappa shape index (κ3) is 4.36. The molecule has 1 aromatic heterocycles. The Morgan fingerprint density at radius 2 is 1.90 bits per heavy atom. The molecule has 1 heterocycles. The van der Waals surface area contributed by atoms with Gasteiger partial charge in [-0.2, -0.15) is 18.8 Å². The van der Waals surface area contributed by atoms with Gasteiger partial charge in [-0.05, 0) is 49.4 Å². The molecule has 0 spiro atoms. The lowest BCUT2D eigenvalue weighted by molar-refractivity contribution is 0.102. The zero-order valence-corrected chi connectivity index (χ0v) is 16.4. The third-order valence-electron chi connectivity index (χ3n) is 3.99. The molecule has 3 aromatic rings. The summed E-state index contributed by atoms with van der Waals surface area (Å²) >= 11 is 0. The number of hydrogen-bond donors (Lipinski definition) is 3. The average molecular weight is 411 g/mol. The van der Waals surface area contributed by atoms with Gasteiger partial charge in [-0.25, -0.2) is 0 Å². The topological polar surface area (TPSA) is 137 Å². The summed E-state index contributed by atoms with van der Waals surface area (Å²) in [7, 11) is -2.64. The van der Waals surface area contributed by atoms with Crippen LogP contribution < -0.4 is 14.8 Å². The number of aromatic nitrogens is 2. The second-order valence-electron chi connectivity index (χ2n) is 6.01. The number of hydrogen-bond acceptors (Lipinski definition) is 6. The number of ether oxygens (including phenoxy) is 1. The Hall–Kier alpha value is -3.84. The highest BCUT2D eigenvalue weighted by molar-refractivity contribution is 7.92. The molecule has 0 radical (unpaired) electrons. The fourth-order valence-corrected chi connectivity index (χ4v) is 3.81. The molecule has 0 unspecified atom stereocenters. The standard InChI is InChI=1S/C19H17N5O4S/c1-12-17(18(25)21-15-5-3-4-13(10-15)11-20)19(23-22-12)29(26,27)24-14-6-8-16(28-2)9-7-14/h3-10,24H,1-2H3,(H,21,25)(H,22,23). The molecule has 9 nitrogen and oxygen atoms in total. The van der Waals surface area contributed by atoms with E-state index in [9.17, 15) is 13.2 Å². The highest BCUT2D eigenvalue weighted by Crippen LogP contribution is 2.23. The van der Waals surface area contributed by atoms with Crippen molar-refractivity contribution in [3.63, 3.8) is 0 Å². The average Bonchev–Trinajstić information content (AvgIpc) is 3.11. The second-order valence-corrected chi connectivity index (χ2v) is 7.61. The van der Waals surface area contributed by atoms with E-state index in [4.69, 9.17) is 10.00 Å². The fourth-order valence-electron chi connectivity index (χ4n) is 2.59. The molecule has 2 aromatic carbocycles. The maximum atomic E-state index is 12.8. The minimum Gasteiger partial charge on any atom is -0.497 e. The first-order valence-corrected chi connectivity index (χ1v) is 9.85. The number of aromatic amines is 1. The summed E-state index contributed by atoms with van der Waals surface area (Å²) in [5.74, 6) is -0.0929. The molecule has 0 fully saturated rings. The number of amides is 1. The van der Waals surface area contributed by atoms with Gasteiger partial charge in [0, 0.05) is 17.1 Å². The van der Waals surface area contributed by atoms with Crippen LogP contribution >= 0.6 is 0 Å². The minimum atomic E-state index is -4.14. The van der Waals surface area contributed by atoms with Crippen LogP contribution in [0, 0.1) is 18.3 Å². The van der Waals surface area contributed by atoms with Gasteiger partial charge in [0.2, 0.25) is 5.03 Å². The highest BCUT2D eigenvalue weighted by Gasteiger charge is 2.28. The van der Waals surface area contributed by atoms with E-state index in [1.165, 1.54) is 25.3 Å². The van der Waals surface area contributed by atoms with Gasteiger partial charge in [0.1, 0.15) is 11.3 Å². The normalized spacial score (nSPS) is 10.8. The monoisotopic (exact) mass is 411 g/mol. The van der Waals surface area contributed by atoms with E-state index in [2.05, 4.69) is 20.2 Å². The van der Waals surface area contributed by atoms with Crippen LogP contribution in [0.3, 0.4) is 0 Å². The first-order chi connectivity index (χ1) is 13.8. The van der Waals surface area contributed by atoms with E-state index in [1.807, 2.05) is 6.07 Å². The number of benzene rings is 2. The lowest BCUT2D eigenvalue weighted by Crippen LogP contribution is -2.20. The lowest BCUT2D eigenvalue weighted by Gasteiger charge is -2.09. The molecule has 1 amide bonds. The zero-order valence-electron chi connectivity index (χ0n) is 15.6. The SMILES string of the molecule is COc1ccc(NS(=O)(=O)c2n[nH]c(C)c2C(=O)Nc2cccc(C#N)c2)cc1. The molecular weight excluding hydrogens is 394 g/mol. The van der Waals surface area contributed by atoms with Gasteiger partial charge in [0.05, 0.1) is 18.7 Å². The highest BCUT2D eigenvalue weighted by atomic mass is 32.2. The first kappa shape index (κ1) is 19.9. The smallest absolute Gasteiger partial charge is 0.282 e. The van der Waals surface area contributed by atoms with E-state index < -0.39 is 21.0 Å². The summed E-state index contributed by atoms with van der Waals surface area (Å²) in [5.41, 5.74) is 1.18. The number of nitriles is 1. The van der Waals surface area contributed by atoms with Crippen molar-refractivity contribution < 1.29 is 17.9 Å². The number of rotatable bonds is 6. The van der Waals surface area contributed by atoms with Gasteiger partial charge in [0.15, 0.2) is 0 Å². The van der Waals surface area contributed by atoms with Crippen molar-refractivity contribution in [2.45, 2.75) is 11.9 Å². The summed E-state index contributed by atoms with van der Waals surface area (Å²) in [5, 5.41) is 17.5. The first-order valence-electron chi connectivity index (χ1n) is 8.37. The van der Waals surface area contributed by atoms with E-state index in [-0.39, 0.29) is 11.3 Å². The van der Waals surface area contributed by atoms with Crippen molar-refractivity contribution in [3.8, 4) is 11.8 Å². The van der Waals surface area contributed by atoms with E-state index in [0.717, 1.165) is 0 Å². The second kappa shape index (κ2) is 8.04. The molecule has 0 bridgehead atoms. The number of methoxy groups -OCH3 is 1. The largest absolute Gasteiger partial charge is 0.497 e. The van der Waals surface area contributed by atoms with Crippen LogP contribution in [0.1, 0.15) is 21.6 Å². The Kier molecular flexibility index (Phi) is 5.52. The molecular formula is C19H17N5O4S. The van der Waals surface area contributed by atoms with Crippen molar-refractivity contribution in [2.24, 2.45) is 0 Å². The Morgan fingerprint density at radius 3 is 2.55 bits per heavy atom. The molecule has 10 heteroatoms. The lowest BCUT2D eigenvalue weighted by atomic mass is 10.2. The predicted molar refractivity (Wildman–Crippen MR) is 106 cm³/mol. The maximum Gasteiger partial charge on any atom is 0.282 e. The van der Waals surface area contributed by atoms with Gasteiger partial charge in [-0.15, -0.1) is 0 Å². The van der Waals surface area contributed by atoms with Gasteiger partial charge in [-0.3, -0.25) is 14.6 Å². The van der Waals surface area contributed by atoms with Crippen molar-refractivity contribution in [3.05, 3.63) is 65.4 Å². The number of carbonyl (C=O) groups excluding carboxylic acids is 1. The van der Waals surface area contributed by atoms with Gasteiger partial charge >= 0.3 is 0 Å². The number of aryl methyl sites for hydroxylation is 1. The van der Waals surface area contributed by atoms with Crippen LogP contribution in [0.2, 0.25) is 0 Å². The van der Waals surface area contributed by atoms with E-state index in [0.29, 0.717) is 22.7 Å². The molecule has 0 aliphatic heterocycles. The van der Waals surface area contributed by atoms with Crippen LogP contribution in [-0.2, 0) is 10.0 Å². The number of H-pyrrole nitrogens is 1. The van der Waals surface area contributed by atoms with Crippen LogP contribution in [0.5, 0.6) is 5.75 Å². The molecule has 0 aliphatic carbocycles. The molecule has 3 rings (SSSR count). The third-order valence-corrected chi connectivity index (χ3v) is 5.30. The zero-order chi connectivity index (χ0) is 21.0. The minimum absolute atomic E-state index is 0.117. The summed E-state index contributed by atoms with van der Waals surface area (Å²) in [6, 6.07) is 14.5. The fraction of sp³-hybridized carbons (Fsp3) is 0.105. The van der Waals surface area contributed by atoms with Crippen LogP contribution in [-0.4, -0.2) is 31.6 Å². The Bertz CT molecular complexity index is 1190. The van der Waals surface area contributed by atoms with Crippen LogP contribution in [0.15, 0.2) is 53.6 Å². The number of anilines is 2. The van der Waals surface area contributed by atoms with E-state index in [1.54, 1.807) is 37.3 Å². The van der Waals surface area contributed by atoms with Crippen LogP contribution in [0.25, 0.3) is 0 Å². The predicted octanol–water partition coefficient (Wildman–Crippen LogP) is 2.65. The summed E-state index contributed by atoms with van der Waals surface area (Å²) in [6.45, 7) is 1.54. The van der Waals surface area contributed by atoms with Gasteiger partial charge < -0.3 is 10.1 Å². The van der Waals surface area contributed by atoms with Crippen molar-refractivity contribution >= 4 is 27.3 Å². The summed E-state index contributed by atoms with van der Waals surface area (Å²) in [4.78, 5) is 12.7. The molecule has 29 heavy (non-hydrogen) atoms. The Labute approximate surface area is 167 Å². The van der Waals surface area contributed by atoms with Crippen molar-refractivity contribution in [2.75, 3.05) is 17.1 Å². The Morgan fingerprint density at radius 1 is 1.17 bits per heavy atom. The van der Waals surface area contributed by atoms with Crippen molar-refractivity contribution in [1.29, 1.82) is 5.26 Å².